The summed E-state index contributed by atoms with van der Waals surface area (Å²) in [6, 6.07) is 3.54. The Morgan fingerprint density at radius 3 is 2.67 bits per heavy atom. The summed E-state index contributed by atoms with van der Waals surface area (Å²) in [6.45, 7) is 0.176. The van der Waals surface area contributed by atoms with Crippen molar-refractivity contribution in [1.29, 1.82) is 0 Å². The van der Waals surface area contributed by atoms with Crippen LogP contribution in [0.15, 0.2) is 21.2 Å². The third-order valence-corrected chi connectivity index (χ3v) is 2.21. The van der Waals surface area contributed by atoms with E-state index in [-0.39, 0.29) is 6.54 Å². The van der Waals surface area contributed by atoms with Crippen LogP contribution in [-0.4, -0.2) is 16.6 Å². The van der Waals surface area contributed by atoms with Gasteiger partial charge in [-0.25, -0.2) is 4.98 Å². The zero-order chi connectivity index (χ0) is 9.14. The fourth-order valence-corrected chi connectivity index (χ4v) is 1.99. The molecule has 0 aliphatic rings. The van der Waals surface area contributed by atoms with Crippen molar-refractivity contribution in [1.82, 2.24) is 4.98 Å². The van der Waals surface area contributed by atoms with Crippen LogP contribution in [0.1, 0.15) is 11.8 Å². The van der Waals surface area contributed by atoms with Crippen molar-refractivity contribution in [3.8, 4) is 0 Å². The van der Waals surface area contributed by atoms with Crippen LogP contribution >= 0.6 is 31.9 Å². The molecular weight excluding hydrogens is 288 g/mol. The molecule has 1 rings (SSSR count). The molecule has 1 aromatic rings. The first-order chi connectivity index (χ1) is 5.63. The van der Waals surface area contributed by atoms with Crippen LogP contribution < -0.4 is 5.73 Å². The van der Waals surface area contributed by atoms with Gasteiger partial charge in [-0.3, -0.25) is 0 Å². The number of pyridine rings is 1. The van der Waals surface area contributed by atoms with Gasteiger partial charge >= 0.3 is 0 Å². The summed E-state index contributed by atoms with van der Waals surface area (Å²) in [4.78, 5) is 4.06. The Morgan fingerprint density at radius 2 is 2.17 bits per heavy atom. The Morgan fingerprint density at radius 1 is 1.50 bits per heavy atom. The normalized spacial score (nSPS) is 13.0. The maximum atomic E-state index is 9.35. The molecule has 0 spiro atoms. The topological polar surface area (TPSA) is 59.1 Å². The van der Waals surface area contributed by atoms with E-state index in [4.69, 9.17) is 5.73 Å². The van der Waals surface area contributed by atoms with Crippen molar-refractivity contribution in [2.45, 2.75) is 6.10 Å². The van der Waals surface area contributed by atoms with Gasteiger partial charge in [0.1, 0.15) is 10.7 Å². The lowest BCUT2D eigenvalue weighted by atomic mass is 10.2. The van der Waals surface area contributed by atoms with Gasteiger partial charge in [-0.2, -0.15) is 0 Å². The molecule has 5 heteroatoms. The van der Waals surface area contributed by atoms with Gasteiger partial charge in [-0.1, -0.05) is 15.9 Å². The van der Waals surface area contributed by atoms with Crippen molar-refractivity contribution in [2.24, 2.45) is 5.73 Å². The summed E-state index contributed by atoms with van der Waals surface area (Å²) < 4.78 is 1.55. The molecule has 0 radical (unpaired) electrons. The van der Waals surface area contributed by atoms with E-state index < -0.39 is 6.10 Å². The minimum Gasteiger partial charge on any atom is -0.385 e. The van der Waals surface area contributed by atoms with Crippen LogP contribution in [0.5, 0.6) is 0 Å². The fourth-order valence-electron chi connectivity index (χ4n) is 0.776. The van der Waals surface area contributed by atoms with Crippen molar-refractivity contribution in [3.63, 3.8) is 0 Å². The smallest absolute Gasteiger partial charge is 0.108 e. The minimum absolute atomic E-state index is 0.176. The lowest BCUT2D eigenvalue weighted by Gasteiger charge is -2.07. The second kappa shape index (κ2) is 4.32. The average Bonchev–Trinajstić information content (AvgIpc) is 2.01. The van der Waals surface area contributed by atoms with Gasteiger partial charge in [-0.05, 0) is 28.1 Å². The average molecular weight is 296 g/mol. The van der Waals surface area contributed by atoms with E-state index in [1.165, 1.54) is 0 Å². The third-order valence-electron chi connectivity index (χ3n) is 1.34. The number of nitrogens with zero attached hydrogens (tertiary/aromatic N) is 1. The van der Waals surface area contributed by atoms with Crippen LogP contribution in [-0.2, 0) is 0 Å². The van der Waals surface area contributed by atoms with Gasteiger partial charge < -0.3 is 10.8 Å². The van der Waals surface area contributed by atoms with E-state index in [1.54, 1.807) is 12.1 Å². The highest BCUT2D eigenvalue weighted by Crippen LogP contribution is 2.20. The molecule has 0 amide bonds. The lowest BCUT2D eigenvalue weighted by Crippen LogP contribution is -2.12. The first-order valence-electron chi connectivity index (χ1n) is 3.34. The largest absolute Gasteiger partial charge is 0.385 e. The van der Waals surface area contributed by atoms with E-state index in [2.05, 4.69) is 36.8 Å². The number of aliphatic hydroxyl groups is 1. The monoisotopic (exact) mass is 294 g/mol. The van der Waals surface area contributed by atoms with Gasteiger partial charge in [0.05, 0.1) is 5.69 Å². The predicted octanol–water partition coefficient (Wildman–Crippen LogP) is 1.60. The summed E-state index contributed by atoms with van der Waals surface area (Å²) in [7, 11) is 0. The first kappa shape index (κ1) is 10.1. The fraction of sp³-hybridized carbons (Fsp3) is 0.286. The van der Waals surface area contributed by atoms with Crippen molar-refractivity contribution < 1.29 is 5.11 Å². The van der Waals surface area contributed by atoms with Crippen LogP contribution in [0.3, 0.4) is 0 Å². The van der Waals surface area contributed by atoms with Crippen LogP contribution in [0.25, 0.3) is 0 Å². The molecule has 1 atom stereocenters. The highest BCUT2D eigenvalue weighted by atomic mass is 79.9. The number of rotatable bonds is 2. The molecule has 3 nitrogen and oxygen atoms in total. The maximum absolute atomic E-state index is 9.35. The Labute approximate surface area is 87.3 Å². The number of aromatic nitrogens is 1. The Balaban J connectivity index is 3.00. The number of hydrogen-bond acceptors (Lipinski definition) is 3. The molecular formula is C7H8Br2N2O. The van der Waals surface area contributed by atoms with Gasteiger partial charge in [0.25, 0.3) is 0 Å². The molecule has 0 fully saturated rings. The van der Waals surface area contributed by atoms with Gasteiger partial charge in [-0.15, -0.1) is 0 Å². The minimum atomic E-state index is -0.696. The van der Waals surface area contributed by atoms with Crippen LogP contribution in [0.4, 0.5) is 0 Å². The Bertz CT molecular complexity index is 260. The third kappa shape index (κ3) is 2.52. The molecule has 1 aromatic heterocycles. The zero-order valence-corrected chi connectivity index (χ0v) is 9.34. The first-order valence-corrected chi connectivity index (χ1v) is 4.93. The van der Waals surface area contributed by atoms with E-state index in [0.717, 1.165) is 4.47 Å². The number of halogens is 2. The summed E-state index contributed by atoms with van der Waals surface area (Å²) in [5.74, 6) is 0. The van der Waals surface area contributed by atoms with Crippen LogP contribution in [0, 0.1) is 0 Å². The molecule has 3 N–H and O–H groups in total. The number of hydrogen-bond donors (Lipinski definition) is 2. The van der Waals surface area contributed by atoms with E-state index in [9.17, 15) is 5.11 Å². The van der Waals surface area contributed by atoms with E-state index in [1.807, 2.05) is 0 Å². The van der Waals surface area contributed by atoms with E-state index >= 15 is 0 Å². The van der Waals surface area contributed by atoms with Crippen LogP contribution in [0.2, 0.25) is 0 Å². The van der Waals surface area contributed by atoms with E-state index in [0.29, 0.717) is 10.3 Å². The lowest BCUT2D eigenvalue weighted by molar-refractivity contribution is 0.181. The highest BCUT2D eigenvalue weighted by molar-refractivity contribution is 9.11. The summed E-state index contributed by atoms with van der Waals surface area (Å²) in [5, 5.41) is 9.35. The second-order valence-electron chi connectivity index (χ2n) is 2.28. The van der Waals surface area contributed by atoms with Crippen molar-refractivity contribution in [3.05, 3.63) is 26.9 Å². The molecule has 0 aliphatic heterocycles. The van der Waals surface area contributed by atoms with Gasteiger partial charge in [0.2, 0.25) is 0 Å². The summed E-state index contributed by atoms with van der Waals surface area (Å²) >= 11 is 6.51. The molecule has 12 heavy (non-hydrogen) atoms. The summed E-state index contributed by atoms with van der Waals surface area (Å²) in [6.07, 6.45) is -0.696. The number of aliphatic hydroxyl groups excluding tert-OH is 1. The quantitative estimate of drug-likeness (QED) is 0.815. The highest BCUT2D eigenvalue weighted by Gasteiger charge is 2.07. The predicted molar refractivity (Wildman–Crippen MR) is 53.7 cm³/mol. The standard InChI is InChI=1S/C7H8Br2N2O/c8-4-1-5(6(12)3-10)11-7(9)2-4/h1-2,6,12H,3,10H2. The Kier molecular flexibility index (Phi) is 3.64. The second-order valence-corrected chi connectivity index (χ2v) is 4.01. The maximum Gasteiger partial charge on any atom is 0.108 e. The molecule has 0 aromatic carbocycles. The van der Waals surface area contributed by atoms with Gasteiger partial charge in [0.15, 0.2) is 0 Å². The van der Waals surface area contributed by atoms with Gasteiger partial charge in [0, 0.05) is 11.0 Å². The Hall–Kier alpha value is 0.0300. The molecule has 0 aliphatic carbocycles. The molecule has 0 saturated heterocycles. The molecule has 0 saturated carbocycles. The molecule has 1 unspecified atom stereocenters. The molecule has 1 heterocycles. The SMILES string of the molecule is NCC(O)c1cc(Br)cc(Br)n1. The zero-order valence-electron chi connectivity index (χ0n) is 6.17. The van der Waals surface area contributed by atoms with Crippen molar-refractivity contribution >= 4 is 31.9 Å². The molecule has 66 valence electrons. The number of nitrogens with two attached hydrogens (primary N) is 1. The van der Waals surface area contributed by atoms with Crippen molar-refractivity contribution in [2.75, 3.05) is 6.54 Å². The molecule has 0 bridgehead atoms. The summed E-state index contributed by atoms with van der Waals surface area (Å²) in [5.41, 5.74) is 5.85.